The summed E-state index contributed by atoms with van der Waals surface area (Å²) in [6.45, 7) is 20.9. The summed E-state index contributed by atoms with van der Waals surface area (Å²) in [6.07, 6.45) is 3.24. The normalized spacial score (nSPS) is 11.6. The number of aromatic nitrogens is 3. The Morgan fingerprint density at radius 1 is 0.719 bits per heavy atom. The maximum atomic E-state index is 5.20. The zero-order valence-electron chi connectivity index (χ0n) is 34.6. The van der Waals surface area contributed by atoms with Crippen LogP contribution in [0.4, 0.5) is 0 Å². The second-order valence-electron chi connectivity index (χ2n) is 16.9. The van der Waals surface area contributed by atoms with Gasteiger partial charge in [-0.15, -0.1) is 47.3 Å². The van der Waals surface area contributed by atoms with Gasteiger partial charge in [0.05, 0.1) is 24.9 Å². The zero-order valence-corrected chi connectivity index (χ0v) is 38.9. The van der Waals surface area contributed by atoms with Crippen LogP contribution in [0.3, 0.4) is 0 Å². The van der Waals surface area contributed by atoms with E-state index in [4.69, 9.17) is 4.98 Å². The molecule has 0 aliphatic heterocycles. The van der Waals surface area contributed by atoms with E-state index in [1.807, 2.05) is 18.2 Å². The van der Waals surface area contributed by atoms with Crippen LogP contribution in [0, 0.1) is 17.4 Å². The van der Waals surface area contributed by atoms with Crippen LogP contribution < -0.4 is 5.19 Å². The van der Waals surface area contributed by atoms with Gasteiger partial charge in [0.1, 0.15) is 0 Å². The molecule has 8 aromatic rings. The molecule has 3 aromatic heterocycles. The molecule has 6 heteroatoms. The van der Waals surface area contributed by atoms with Gasteiger partial charge in [0.2, 0.25) is 0 Å². The Labute approximate surface area is 358 Å². The molecular weight excluding hydrogens is 907 g/mol. The molecule has 1 radical (unpaired) electrons. The summed E-state index contributed by atoms with van der Waals surface area (Å²) < 4.78 is 3.64. The molecule has 0 aliphatic rings. The SMILES string of the molecule is CC(C)Cc1cc(-c2[c-]cccc2)ncc1[Si](C)(C)C.CC(C)c1cc(-c2ccccc2)cc(C(C)C)c1-n1c(-c2[c-]sc3ccccc23)nc2ccccc21.[Ir]. The average Bonchev–Trinajstić information content (AvgIpc) is 3.79. The first kappa shape index (κ1) is 42.2. The molecule has 0 saturated heterocycles. The molecule has 3 nitrogen and oxygen atoms in total. The molecule has 0 aliphatic carbocycles. The fourth-order valence-electron chi connectivity index (χ4n) is 7.61. The number of hydrogen-bond acceptors (Lipinski definition) is 3. The number of rotatable bonds is 9. The van der Waals surface area contributed by atoms with Gasteiger partial charge in [-0.25, -0.2) is 0 Å². The fourth-order valence-corrected chi connectivity index (χ4v) is 10.0. The zero-order chi connectivity index (χ0) is 39.6. The summed E-state index contributed by atoms with van der Waals surface area (Å²) in [4.78, 5) is 9.89. The van der Waals surface area contributed by atoms with E-state index >= 15 is 0 Å². The Kier molecular flexibility index (Phi) is 13.3. The van der Waals surface area contributed by atoms with Gasteiger partial charge in [-0.1, -0.05) is 149 Å². The molecule has 0 saturated carbocycles. The Morgan fingerprint density at radius 3 is 2.02 bits per heavy atom. The third-order valence-electron chi connectivity index (χ3n) is 10.4. The van der Waals surface area contributed by atoms with E-state index in [1.54, 1.807) is 11.3 Å². The van der Waals surface area contributed by atoms with Crippen molar-refractivity contribution in [2.24, 2.45) is 5.92 Å². The van der Waals surface area contributed by atoms with Crippen LogP contribution in [0.5, 0.6) is 0 Å². The largest absolute Gasteiger partial charge is 0.333 e. The van der Waals surface area contributed by atoms with E-state index in [1.165, 1.54) is 48.8 Å². The Morgan fingerprint density at radius 2 is 1.37 bits per heavy atom. The Hall–Kier alpha value is -4.45. The van der Waals surface area contributed by atoms with E-state index in [2.05, 4.69) is 192 Å². The van der Waals surface area contributed by atoms with Gasteiger partial charge in [-0.05, 0) is 81.6 Å². The van der Waals surface area contributed by atoms with E-state index in [-0.39, 0.29) is 20.1 Å². The molecule has 0 spiro atoms. The fraction of sp³-hybridized carbons (Fsp3) is 0.255. The number of hydrogen-bond donors (Lipinski definition) is 0. The molecule has 0 unspecified atom stereocenters. The summed E-state index contributed by atoms with van der Waals surface area (Å²) in [6, 6.07) is 46.2. The molecule has 0 fully saturated rings. The van der Waals surface area contributed by atoms with Crippen molar-refractivity contribution in [3.63, 3.8) is 0 Å². The van der Waals surface area contributed by atoms with Gasteiger partial charge in [0.25, 0.3) is 0 Å². The smallest absolute Gasteiger partial charge is 0.0798 e. The first-order chi connectivity index (χ1) is 26.9. The number of para-hydroxylation sites is 2. The number of fused-ring (bicyclic) bond motifs is 2. The molecule has 3 heterocycles. The Bertz CT molecular complexity index is 2550. The van der Waals surface area contributed by atoms with Crippen LogP contribution in [0.1, 0.15) is 70.1 Å². The molecule has 0 bridgehead atoms. The molecule has 8 rings (SSSR count). The van der Waals surface area contributed by atoms with Crippen LogP contribution in [0.25, 0.3) is 60.6 Å². The van der Waals surface area contributed by atoms with Crippen LogP contribution in [-0.4, -0.2) is 22.6 Å². The van der Waals surface area contributed by atoms with Gasteiger partial charge >= 0.3 is 0 Å². The third kappa shape index (κ3) is 9.16. The van der Waals surface area contributed by atoms with Crippen molar-refractivity contribution < 1.29 is 20.1 Å². The standard InChI is InChI=1S/C33H29N2S.C18H24NSi.Ir/c1-21(2)26-18-24(23-12-6-5-7-13-23)19-27(22(3)4)32(26)35-30-16-10-9-15-29(30)34-33(35)28-20-36-31-17-11-8-14-25(28)31;1-14(2)11-16-12-17(15-9-7-6-8-10-15)19-13-18(16)20(3,4)5;/h5-19,21-22H,1-4H3;6-9,12-14H,11H2,1-5H3;/q2*-1;. The van der Waals surface area contributed by atoms with Crippen LogP contribution in [0.15, 0.2) is 128 Å². The Balaban J connectivity index is 0.000000223. The maximum absolute atomic E-state index is 5.20. The minimum atomic E-state index is -1.34. The minimum absolute atomic E-state index is 0. The predicted octanol–water partition coefficient (Wildman–Crippen LogP) is 13.9. The van der Waals surface area contributed by atoms with Crippen molar-refractivity contribution in [1.29, 1.82) is 0 Å². The van der Waals surface area contributed by atoms with Crippen molar-refractivity contribution in [2.45, 2.75) is 79.4 Å². The first-order valence-electron chi connectivity index (χ1n) is 20.0. The predicted molar refractivity (Wildman–Crippen MR) is 244 cm³/mol. The quantitative estimate of drug-likeness (QED) is 0.107. The molecule has 0 atom stereocenters. The van der Waals surface area contributed by atoms with Crippen molar-refractivity contribution in [1.82, 2.24) is 14.5 Å². The van der Waals surface area contributed by atoms with Gasteiger partial charge in [-0.3, -0.25) is 16.3 Å². The van der Waals surface area contributed by atoms with Gasteiger partial charge in [0, 0.05) is 32.0 Å². The summed E-state index contributed by atoms with van der Waals surface area (Å²) in [5.41, 5.74) is 13.3. The molecule has 57 heavy (non-hydrogen) atoms. The van der Waals surface area contributed by atoms with E-state index in [9.17, 15) is 0 Å². The van der Waals surface area contributed by atoms with E-state index in [0.29, 0.717) is 17.8 Å². The molecule has 0 amide bonds. The third-order valence-corrected chi connectivity index (χ3v) is 13.3. The van der Waals surface area contributed by atoms with Crippen molar-refractivity contribution in [3.05, 3.63) is 156 Å². The summed E-state index contributed by atoms with van der Waals surface area (Å²) >= 11 is 1.66. The van der Waals surface area contributed by atoms with Crippen LogP contribution in [-0.2, 0) is 26.5 Å². The van der Waals surface area contributed by atoms with Gasteiger partial charge in [-0.2, -0.15) is 0 Å². The van der Waals surface area contributed by atoms with E-state index in [0.717, 1.165) is 40.1 Å². The topological polar surface area (TPSA) is 30.7 Å². The summed E-state index contributed by atoms with van der Waals surface area (Å²) in [5, 5.41) is 6.29. The molecular formula is C51H53IrN3SSi-2. The molecule has 5 aromatic carbocycles. The maximum Gasteiger partial charge on any atom is 0.0798 e. The monoisotopic (exact) mass is 960 g/mol. The molecule has 0 N–H and O–H groups in total. The van der Waals surface area contributed by atoms with Crippen LogP contribution >= 0.6 is 11.3 Å². The van der Waals surface area contributed by atoms with Crippen molar-refractivity contribution >= 4 is 45.7 Å². The summed E-state index contributed by atoms with van der Waals surface area (Å²) in [5.74, 6) is 2.32. The number of thiophene rings is 1. The van der Waals surface area contributed by atoms with Gasteiger partial charge in [0.15, 0.2) is 0 Å². The number of pyridine rings is 1. The van der Waals surface area contributed by atoms with Crippen molar-refractivity contribution in [3.8, 4) is 39.5 Å². The molecule has 293 valence electrons. The number of benzene rings is 5. The number of imidazole rings is 1. The first-order valence-corrected chi connectivity index (χ1v) is 24.3. The van der Waals surface area contributed by atoms with Crippen LogP contribution in [0.2, 0.25) is 19.6 Å². The average molecular weight is 960 g/mol. The summed E-state index contributed by atoms with van der Waals surface area (Å²) in [7, 11) is -1.34. The van der Waals surface area contributed by atoms with Gasteiger partial charge < -0.3 is 9.55 Å². The minimum Gasteiger partial charge on any atom is -0.333 e. The number of nitrogens with zero attached hydrogens (tertiary/aromatic N) is 3. The van der Waals surface area contributed by atoms with Crippen molar-refractivity contribution in [2.75, 3.05) is 0 Å². The second-order valence-corrected chi connectivity index (χ2v) is 22.8. The van der Waals surface area contributed by atoms with E-state index < -0.39 is 8.07 Å². The second kappa shape index (κ2) is 18.0.